The Balaban J connectivity index is 2.04. The lowest BCUT2D eigenvalue weighted by atomic mass is 10.2. The van der Waals surface area contributed by atoms with Crippen molar-refractivity contribution in [2.75, 3.05) is 18.5 Å². The average Bonchev–Trinajstić information content (AvgIpc) is 2.25. The summed E-state index contributed by atoms with van der Waals surface area (Å²) in [6.45, 7) is 4.27. The molecule has 0 unspecified atom stereocenters. The summed E-state index contributed by atoms with van der Waals surface area (Å²) in [6, 6.07) is 4.25. The Morgan fingerprint density at radius 3 is 2.88 bits per heavy atom. The first kappa shape index (κ1) is 11.6. The molecule has 5 heteroatoms. The molecule has 0 spiro atoms. The van der Waals surface area contributed by atoms with Crippen molar-refractivity contribution in [1.82, 2.24) is 0 Å². The Bertz CT molecular complexity index is 443. The van der Waals surface area contributed by atoms with E-state index >= 15 is 0 Å². The number of hydrogen-bond donors (Lipinski definition) is 1. The number of amides is 1. The van der Waals surface area contributed by atoms with E-state index in [1.165, 1.54) is 12.1 Å². The molecule has 1 amide bonds. The largest absolute Gasteiger partial charge is 0.483 e. The number of nitrogens with one attached hydrogen (secondary N) is 1. The van der Waals surface area contributed by atoms with Gasteiger partial charge < -0.3 is 14.8 Å². The van der Waals surface area contributed by atoms with Crippen LogP contribution in [-0.2, 0) is 9.53 Å². The first-order valence-electron chi connectivity index (χ1n) is 5.16. The zero-order valence-corrected chi connectivity index (χ0v) is 9.11. The Kier molecular flexibility index (Phi) is 3.39. The van der Waals surface area contributed by atoms with Gasteiger partial charge in [0.1, 0.15) is 6.10 Å². The van der Waals surface area contributed by atoms with Crippen LogP contribution in [0.25, 0.3) is 0 Å². The molecule has 1 aliphatic rings. The molecule has 1 heterocycles. The fourth-order valence-electron chi connectivity index (χ4n) is 1.33. The quantitative estimate of drug-likeness (QED) is 0.811. The summed E-state index contributed by atoms with van der Waals surface area (Å²) in [7, 11) is 0. The summed E-state index contributed by atoms with van der Waals surface area (Å²) in [5, 5.41) is 2.46. The second-order valence-corrected chi connectivity index (χ2v) is 3.62. The fourth-order valence-corrected chi connectivity index (χ4v) is 1.33. The SMILES string of the molecule is C=CC(=O)Nc1ccc(OC2COC2)c(F)c1. The summed E-state index contributed by atoms with van der Waals surface area (Å²) in [5.74, 6) is -0.737. The zero-order valence-electron chi connectivity index (χ0n) is 9.11. The van der Waals surface area contributed by atoms with Crippen LogP contribution in [0.15, 0.2) is 30.9 Å². The zero-order chi connectivity index (χ0) is 12.3. The van der Waals surface area contributed by atoms with Crippen molar-refractivity contribution in [3.8, 4) is 5.75 Å². The Labute approximate surface area is 98.0 Å². The number of benzene rings is 1. The van der Waals surface area contributed by atoms with Gasteiger partial charge in [-0.1, -0.05) is 6.58 Å². The lowest BCUT2D eigenvalue weighted by Crippen LogP contribution is -2.38. The van der Waals surface area contributed by atoms with Crippen molar-refractivity contribution >= 4 is 11.6 Å². The van der Waals surface area contributed by atoms with Crippen LogP contribution in [0.5, 0.6) is 5.75 Å². The molecule has 0 aromatic heterocycles. The van der Waals surface area contributed by atoms with E-state index in [1.54, 1.807) is 6.07 Å². The van der Waals surface area contributed by atoms with Crippen molar-refractivity contribution in [3.05, 3.63) is 36.7 Å². The van der Waals surface area contributed by atoms with Crippen LogP contribution in [0.1, 0.15) is 0 Å². The Morgan fingerprint density at radius 1 is 1.59 bits per heavy atom. The van der Waals surface area contributed by atoms with E-state index in [1.807, 2.05) is 0 Å². The van der Waals surface area contributed by atoms with Crippen LogP contribution in [0.2, 0.25) is 0 Å². The smallest absolute Gasteiger partial charge is 0.247 e. The summed E-state index contributed by atoms with van der Waals surface area (Å²) in [4.78, 5) is 11.0. The summed E-state index contributed by atoms with van der Waals surface area (Å²) in [5.41, 5.74) is 0.365. The van der Waals surface area contributed by atoms with Crippen LogP contribution in [0.3, 0.4) is 0 Å². The number of carbonyl (C=O) groups excluding carboxylic acids is 1. The molecule has 1 aromatic carbocycles. The first-order chi connectivity index (χ1) is 8.19. The van der Waals surface area contributed by atoms with Gasteiger partial charge >= 0.3 is 0 Å². The molecular formula is C12H12FNO3. The predicted octanol–water partition coefficient (Wildman–Crippen LogP) is 1.73. The highest BCUT2D eigenvalue weighted by Crippen LogP contribution is 2.23. The van der Waals surface area contributed by atoms with Crippen LogP contribution in [0, 0.1) is 5.82 Å². The molecule has 4 nitrogen and oxygen atoms in total. The van der Waals surface area contributed by atoms with Gasteiger partial charge in [0.05, 0.1) is 13.2 Å². The molecule has 90 valence electrons. The molecule has 0 bridgehead atoms. The third-order valence-electron chi connectivity index (χ3n) is 2.29. The topological polar surface area (TPSA) is 47.6 Å². The molecule has 1 aliphatic heterocycles. The Morgan fingerprint density at radius 2 is 2.35 bits per heavy atom. The summed E-state index contributed by atoms with van der Waals surface area (Å²) in [6.07, 6.45) is 1.03. The van der Waals surface area contributed by atoms with Crippen molar-refractivity contribution in [1.29, 1.82) is 0 Å². The highest BCUT2D eigenvalue weighted by molar-refractivity contribution is 5.98. The third-order valence-corrected chi connectivity index (χ3v) is 2.29. The van der Waals surface area contributed by atoms with Crippen LogP contribution in [-0.4, -0.2) is 25.2 Å². The molecule has 1 N–H and O–H groups in total. The minimum Gasteiger partial charge on any atom is -0.483 e. The van der Waals surface area contributed by atoms with E-state index in [0.29, 0.717) is 18.9 Å². The second-order valence-electron chi connectivity index (χ2n) is 3.62. The standard InChI is InChI=1S/C12H12FNO3/c1-2-12(15)14-8-3-4-11(10(13)5-8)17-9-6-16-7-9/h2-5,9H,1,6-7H2,(H,14,15). The maximum absolute atomic E-state index is 13.6. The molecular weight excluding hydrogens is 225 g/mol. The fraction of sp³-hybridized carbons (Fsp3) is 0.250. The van der Waals surface area contributed by atoms with E-state index in [0.717, 1.165) is 6.08 Å². The number of rotatable bonds is 4. The van der Waals surface area contributed by atoms with Crippen LogP contribution in [0.4, 0.5) is 10.1 Å². The highest BCUT2D eigenvalue weighted by atomic mass is 19.1. The van der Waals surface area contributed by atoms with Crippen molar-refractivity contribution in [3.63, 3.8) is 0 Å². The van der Waals surface area contributed by atoms with E-state index in [2.05, 4.69) is 11.9 Å². The number of ether oxygens (including phenoxy) is 2. The maximum atomic E-state index is 13.6. The molecule has 1 saturated heterocycles. The molecule has 17 heavy (non-hydrogen) atoms. The van der Waals surface area contributed by atoms with Crippen molar-refractivity contribution in [2.45, 2.75) is 6.10 Å². The van der Waals surface area contributed by atoms with Gasteiger partial charge in [0.25, 0.3) is 0 Å². The lowest BCUT2D eigenvalue weighted by molar-refractivity contribution is -0.111. The lowest BCUT2D eigenvalue weighted by Gasteiger charge is -2.26. The molecule has 0 atom stereocenters. The molecule has 1 aromatic rings. The van der Waals surface area contributed by atoms with E-state index in [4.69, 9.17) is 9.47 Å². The summed E-state index contributed by atoms with van der Waals surface area (Å²) < 4.78 is 23.8. The number of anilines is 1. The van der Waals surface area contributed by atoms with Gasteiger partial charge in [-0.3, -0.25) is 4.79 Å². The third kappa shape index (κ3) is 2.82. The van der Waals surface area contributed by atoms with E-state index in [9.17, 15) is 9.18 Å². The molecule has 0 saturated carbocycles. The van der Waals surface area contributed by atoms with Gasteiger partial charge in [0.2, 0.25) is 5.91 Å². The normalized spacial score (nSPS) is 14.9. The van der Waals surface area contributed by atoms with Crippen molar-refractivity contribution in [2.24, 2.45) is 0 Å². The minimum atomic E-state index is -0.515. The van der Waals surface area contributed by atoms with Gasteiger partial charge in [-0.15, -0.1) is 0 Å². The first-order valence-corrected chi connectivity index (χ1v) is 5.16. The monoisotopic (exact) mass is 237 g/mol. The molecule has 0 radical (unpaired) electrons. The maximum Gasteiger partial charge on any atom is 0.247 e. The van der Waals surface area contributed by atoms with Gasteiger partial charge in [0, 0.05) is 11.8 Å². The summed E-state index contributed by atoms with van der Waals surface area (Å²) >= 11 is 0. The molecule has 1 fully saturated rings. The number of carbonyl (C=O) groups is 1. The Hall–Kier alpha value is -1.88. The number of halogens is 1. The molecule has 2 rings (SSSR count). The minimum absolute atomic E-state index is 0.0851. The van der Waals surface area contributed by atoms with Crippen LogP contribution >= 0.6 is 0 Å². The van der Waals surface area contributed by atoms with Gasteiger partial charge in [-0.2, -0.15) is 0 Å². The second kappa shape index (κ2) is 4.97. The van der Waals surface area contributed by atoms with E-state index in [-0.39, 0.29) is 17.8 Å². The number of hydrogen-bond acceptors (Lipinski definition) is 3. The predicted molar refractivity (Wildman–Crippen MR) is 60.5 cm³/mol. The van der Waals surface area contributed by atoms with E-state index < -0.39 is 5.82 Å². The van der Waals surface area contributed by atoms with Gasteiger partial charge in [-0.25, -0.2) is 4.39 Å². The molecule has 0 aliphatic carbocycles. The van der Waals surface area contributed by atoms with Crippen LogP contribution < -0.4 is 10.1 Å². The van der Waals surface area contributed by atoms with Gasteiger partial charge in [-0.05, 0) is 18.2 Å². The average molecular weight is 237 g/mol. The highest BCUT2D eigenvalue weighted by Gasteiger charge is 2.21. The van der Waals surface area contributed by atoms with Crippen molar-refractivity contribution < 1.29 is 18.7 Å². The van der Waals surface area contributed by atoms with Gasteiger partial charge in [0.15, 0.2) is 11.6 Å².